The van der Waals surface area contributed by atoms with Gasteiger partial charge in [-0.05, 0) is 37.3 Å². The van der Waals surface area contributed by atoms with Gasteiger partial charge in [-0.2, -0.15) is 0 Å². The zero-order chi connectivity index (χ0) is 15.5. The summed E-state index contributed by atoms with van der Waals surface area (Å²) in [4.78, 5) is 16.7. The summed E-state index contributed by atoms with van der Waals surface area (Å²) in [7, 11) is 0. The molecule has 0 fully saturated rings. The van der Waals surface area contributed by atoms with E-state index in [-0.39, 0.29) is 11.3 Å². The number of carbonyl (C=O) groups excluding carboxylic acids is 1. The predicted molar refractivity (Wildman–Crippen MR) is 84.2 cm³/mol. The van der Waals surface area contributed by atoms with E-state index >= 15 is 0 Å². The third-order valence-electron chi connectivity index (χ3n) is 3.49. The lowest BCUT2D eigenvalue weighted by molar-refractivity contribution is 0.103. The monoisotopic (exact) mass is 291 g/mol. The summed E-state index contributed by atoms with van der Waals surface area (Å²) in [6.45, 7) is 1.94. The zero-order valence-corrected chi connectivity index (χ0v) is 12.1. The number of nitrogens with zero attached hydrogens (tertiary/aromatic N) is 1. The Morgan fingerprint density at radius 1 is 1.00 bits per heavy atom. The fourth-order valence-corrected chi connectivity index (χ4v) is 2.25. The van der Waals surface area contributed by atoms with E-state index in [9.17, 15) is 9.18 Å². The summed E-state index contributed by atoms with van der Waals surface area (Å²) in [5.74, 6) is -0.847. The van der Waals surface area contributed by atoms with Crippen LogP contribution < -0.4 is 0 Å². The van der Waals surface area contributed by atoms with E-state index in [0.717, 1.165) is 11.1 Å². The minimum absolute atomic E-state index is 0.0620. The van der Waals surface area contributed by atoms with Gasteiger partial charge in [-0.25, -0.2) is 4.39 Å². The van der Waals surface area contributed by atoms with Gasteiger partial charge < -0.3 is 0 Å². The first kappa shape index (κ1) is 14.1. The van der Waals surface area contributed by atoms with Crippen molar-refractivity contribution in [3.05, 3.63) is 89.4 Å². The number of carbonyl (C=O) groups is 1. The Hall–Kier alpha value is -2.81. The van der Waals surface area contributed by atoms with Crippen LogP contribution >= 0.6 is 0 Å². The lowest BCUT2D eigenvalue weighted by atomic mass is 9.99. The van der Waals surface area contributed by atoms with Crippen LogP contribution in [0.2, 0.25) is 0 Å². The number of halogens is 1. The van der Waals surface area contributed by atoms with Crippen molar-refractivity contribution in [2.24, 2.45) is 0 Å². The molecule has 2 nitrogen and oxygen atoms in total. The molecule has 0 aliphatic rings. The van der Waals surface area contributed by atoms with Crippen molar-refractivity contribution in [2.75, 3.05) is 0 Å². The predicted octanol–water partition coefficient (Wildman–Crippen LogP) is 4.43. The summed E-state index contributed by atoms with van der Waals surface area (Å²) in [5, 5.41) is 0. The maximum absolute atomic E-state index is 14.1. The highest BCUT2D eigenvalue weighted by Gasteiger charge is 2.15. The molecule has 2 aromatic carbocycles. The summed E-state index contributed by atoms with van der Waals surface area (Å²) >= 11 is 0. The Labute approximate surface area is 128 Å². The van der Waals surface area contributed by atoms with E-state index in [0.29, 0.717) is 11.3 Å². The van der Waals surface area contributed by atoms with Crippen molar-refractivity contribution >= 4 is 5.78 Å². The summed E-state index contributed by atoms with van der Waals surface area (Å²) < 4.78 is 14.1. The lowest BCUT2D eigenvalue weighted by Gasteiger charge is -2.06. The van der Waals surface area contributed by atoms with Crippen molar-refractivity contribution < 1.29 is 9.18 Å². The van der Waals surface area contributed by atoms with Gasteiger partial charge in [0.25, 0.3) is 0 Å². The van der Waals surface area contributed by atoms with Gasteiger partial charge >= 0.3 is 0 Å². The molecule has 1 aromatic heterocycles. The maximum atomic E-state index is 14.1. The minimum atomic E-state index is -0.523. The van der Waals surface area contributed by atoms with Gasteiger partial charge in [0.1, 0.15) is 5.82 Å². The van der Waals surface area contributed by atoms with Gasteiger partial charge in [0.15, 0.2) is 5.78 Å². The number of hydrogen-bond acceptors (Lipinski definition) is 2. The van der Waals surface area contributed by atoms with Crippen LogP contribution in [0.3, 0.4) is 0 Å². The van der Waals surface area contributed by atoms with Crippen molar-refractivity contribution in [3.8, 4) is 11.3 Å². The first-order valence-electron chi connectivity index (χ1n) is 6.97. The minimum Gasteiger partial charge on any atom is -0.288 e. The SMILES string of the molecule is Cc1ccc(C(=O)c2cc(-c3ccccn3)ccc2F)cc1. The third kappa shape index (κ3) is 2.79. The van der Waals surface area contributed by atoms with E-state index in [1.165, 1.54) is 6.07 Å². The third-order valence-corrected chi connectivity index (χ3v) is 3.49. The van der Waals surface area contributed by atoms with Crippen LogP contribution in [0, 0.1) is 12.7 Å². The van der Waals surface area contributed by atoms with E-state index in [4.69, 9.17) is 0 Å². The van der Waals surface area contributed by atoms with Crippen molar-refractivity contribution in [3.63, 3.8) is 0 Å². The summed E-state index contributed by atoms with van der Waals surface area (Å²) in [5.41, 5.74) is 3.02. The van der Waals surface area contributed by atoms with Crippen LogP contribution in [-0.2, 0) is 0 Å². The van der Waals surface area contributed by atoms with Crippen LogP contribution in [0.5, 0.6) is 0 Å². The molecule has 3 heteroatoms. The summed E-state index contributed by atoms with van der Waals surface area (Å²) in [6.07, 6.45) is 1.67. The van der Waals surface area contributed by atoms with Gasteiger partial charge in [-0.1, -0.05) is 35.9 Å². The Balaban J connectivity index is 2.03. The molecule has 0 spiro atoms. The second-order valence-corrected chi connectivity index (χ2v) is 5.10. The highest BCUT2D eigenvalue weighted by atomic mass is 19.1. The molecule has 0 N–H and O–H groups in total. The Kier molecular flexibility index (Phi) is 3.79. The van der Waals surface area contributed by atoms with E-state index < -0.39 is 5.82 Å². The quantitative estimate of drug-likeness (QED) is 0.668. The number of rotatable bonds is 3. The van der Waals surface area contributed by atoms with E-state index in [1.54, 1.807) is 30.5 Å². The molecule has 108 valence electrons. The normalized spacial score (nSPS) is 10.5. The molecule has 3 aromatic rings. The van der Waals surface area contributed by atoms with E-state index in [2.05, 4.69) is 4.98 Å². The molecular weight excluding hydrogens is 277 g/mol. The van der Waals surface area contributed by atoms with Gasteiger partial charge in [0, 0.05) is 17.3 Å². The molecule has 22 heavy (non-hydrogen) atoms. The van der Waals surface area contributed by atoms with Crippen LogP contribution in [-0.4, -0.2) is 10.8 Å². The fraction of sp³-hybridized carbons (Fsp3) is 0.0526. The molecule has 1 heterocycles. The molecule has 0 bridgehead atoms. The molecule has 3 rings (SSSR count). The first-order chi connectivity index (χ1) is 10.6. The lowest BCUT2D eigenvalue weighted by Crippen LogP contribution is -2.04. The largest absolute Gasteiger partial charge is 0.288 e. The number of benzene rings is 2. The maximum Gasteiger partial charge on any atom is 0.195 e. The zero-order valence-electron chi connectivity index (χ0n) is 12.1. The van der Waals surface area contributed by atoms with Gasteiger partial charge in [-0.15, -0.1) is 0 Å². The highest BCUT2D eigenvalue weighted by Crippen LogP contribution is 2.22. The second kappa shape index (κ2) is 5.90. The van der Waals surface area contributed by atoms with Crippen LogP contribution in [0.25, 0.3) is 11.3 Å². The standard InChI is InChI=1S/C19H14FNO/c1-13-5-7-14(8-6-13)19(22)16-12-15(9-10-17(16)20)18-4-2-3-11-21-18/h2-12H,1H3. The Morgan fingerprint density at radius 3 is 2.45 bits per heavy atom. The van der Waals surface area contributed by atoms with E-state index in [1.807, 2.05) is 37.3 Å². The Bertz CT molecular complexity index is 811. The average molecular weight is 291 g/mol. The second-order valence-electron chi connectivity index (χ2n) is 5.10. The molecular formula is C19H14FNO. The van der Waals surface area contributed by atoms with Gasteiger partial charge in [0.05, 0.1) is 11.3 Å². The first-order valence-corrected chi connectivity index (χ1v) is 6.97. The van der Waals surface area contributed by atoms with Crippen LogP contribution in [0.15, 0.2) is 66.9 Å². The average Bonchev–Trinajstić information content (AvgIpc) is 2.56. The molecule has 0 aliphatic carbocycles. The van der Waals surface area contributed by atoms with Crippen LogP contribution in [0.1, 0.15) is 21.5 Å². The van der Waals surface area contributed by atoms with Crippen molar-refractivity contribution in [1.82, 2.24) is 4.98 Å². The van der Waals surface area contributed by atoms with Crippen molar-refractivity contribution in [2.45, 2.75) is 6.92 Å². The number of pyridine rings is 1. The molecule has 0 aliphatic heterocycles. The smallest absolute Gasteiger partial charge is 0.195 e. The number of hydrogen-bond donors (Lipinski definition) is 0. The van der Waals surface area contributed by atoms with Crippen molar-refractivity contribution in [1.29, 1.82) is 0 Å². The fourth-order valence-electron chi connectivity index (χ4n) is 2.25. The molecule has 0 radical (unpaired) electrons. The number of aryl methyl sites for hydroxylation is 1. The molecule has 0 saturated carbocycles. The number of aromatic nitrogens is 1. The van der Waals surface area contributed by atoms with Gasteiger partial charge in [-0.3, -0.25) is 9.78 Å². The number of ketones is 1. The summed E-state index contributed by atoms with van der Waals surface area (Å²) in [6, 6.07) is 17.1. The molecule has 0 amide bonds. The topological polar surface area (TPSA) is 30.0 Å². The van der Waals surface area contributed by atoms with Crippen LogP contribution in [0.4, 0.5) is 4.39 Å². The van der Waals surface area contributed by atoms with Gasteiger partial charge in [0.2, 0.25) is 0 Å². The Morgan fingerprint density at radius 2 is 1.77 bits per heavy atom. The highest BCUT2D eigenvalue weighted by molar-refractivity contribution is 6.09. The molecule has 0 unspecified atom stereocenters. The molecule has 0 atom stereocenters. The molecule has 0 saturated heterocycles.